The Bertz CT molecular complexity index is 963. The van der Waals surface area contributed by atoms with E-state index in [4.69, 9.17) is 4.74 Å². The van der Waals surface area contributed by atoms with Crippen LogP contribution in [0.25, 0.3) is 0 Å². The Hall–Kier alpha value is -2.92. The first-order chi connectivity index (χ1) is 11.7. The topological polar surface area (TPSA) is 64.3 Å². The van der Waals surface area contributed by atoms with E-state index in [1.807, 2.05) is 23.0 Å². The summed E-state index contributed by atoms with van der Waals surface area (Å²) < 4.78 is 8.00. The van der Waals surface area contributed by atoms with Crippen molar-refractivity contribution in [3.8, 4) is 0 Å². The summed E-state index contributed by atoms with van der Waals surface area (Å²) in [6, 6.07) is 13.6. The SMILES string of the molecule is O=C(O)c1ccc2c(c1)C1OC2c2ccc(Cn3cccn3)cc21. The third-order valence-electron chi connectivity index (χ3n) is 4.79. The maximum Gasteiger partial charge on any atom is 0.335 e. The Morgan fingerprint density at radius 1 is 1.08 bits per heavy atom. The second-order valence-electron chi connectivity index (χ2n) is 6.21. The van der Waals surface area contributed by atoms with Crippen molar-refractivity contribution in [1.29, 1.82) is 0 Å². The molecule has 1 N–H and O–H groups in total. The fourth-order valence-electron chi connectivity index (χ4n) is 3.71. The summed E-state index contributed by atoms with van der Waals surface area (Å²) in [5, 5.41) is 13.5. The summed E-state index contributed by atoms with van der Waals surface area (Å²) in [5.41, 5.74) is 5.84. The van der Waals surface area contributed by atoms with E-state index >= 15 is 0 Å². The number of hydrogen-bond acceptors (Lipinski definition) is 3. The van der Waals surface area contributed by atoms with Gasteiger partial charge in [0.15, 0.2) is 0 Å². The van der Waals surface area contributed by atoms with Gasteiger partial charge in [0.2, 0.25) is 0 Å². The van der Waals surface area contributed by atoms with Gasteiger partial charge in [-0.25, -0.2) is 4.79 Å². The maximum absolute atomic E-state index is 11.2. The zero-order valence-corrected chi connectivity index (χ0v) is 12.7. The third kappa shape index (κ3) is 1.85. The number of aromatic carboxylic acids is 1. The van der Waals surface area contributed by atoms with Crippen LogP contribution in [0.4, 0.5) is 0 Å². The van der Waals surface area contributed by atoms with Crippen LogP contribution in [0.15, 0.2) is 54.9 Å². The van der Waals surface area contributed by atoms with E-state index < -0.39 is 5.97 Å². The van der Waals surface area contributed by atoms with Crippen LogP contribution in [-0.4, -0.2) is 20.9 Å². The normalized spacial score (nSPS) is 20.0. The van der Waals surface area contributed by atoms with Crippen molar-refractivity contribution in [3.63, 3.8) is 0 Å². The monoisotopic (exact) mass is 318 g/mol. The first-order valence-corrected chi connectivity index (χ1v) is 7.83. The minimum Gasteiger partial charge on any atom is -0.478 e. The summed E-state index contributed by atoms with van der Waals surface area (Å²) in [5.74, 6) is -0.909. The number of carboxylic acid groups (broad SMARTS) is 1. The number of nitrogens with zero attached hydrogens (tertiary/aromatic N) is 2. The fraction of sp³-hybridized carbons (Fsp3) is 0.158. The van der Waals surface area contributed by atoms with Gasteiger partial charge in [-0.2, -0.15) is 5.10 Å². The minimum absolute atomic E-state index is 0.0819. The molecular weight excluding hydrogens is 304 g/mol. The van der Waals surface area contributed by atoms with Crippen LogP contribution in [0.1, 0.15) is 50.4 Å². The average Bonchev–Trinajstić information content (AvgIpc) is 3.29. The van der Waals surface area contributed by atoms with Crippen LogP contribution < -0.4 is 0 Å². The van der Waals surface area contributed by atoms with Crippen molar-refractivity contribution in [3.05, 3.63) is 88.2 Å². The molecule has 0 saturated heterocycles. The van der Waals surface area contributed by atoms with Crippen LogP contribution in [0.2, 0.25) is 0 Å². The number of rotatable bonds is 3. The molecule has 0 radical (unpaired) electrons. The second kappa shape index (κ2) is 4.79. The highest BCUT2D eigenvalue weighted by Gasteiger charge is 2.42. The van der Waals surface area contributed by atoms with Crippen molar-refractivity contribution in [1.82, 2.24) is 9.78 Å². The van der Waals surface area contributed by atoms with Crippen LogP contribution in [0.5, 0.6) is 0 Å². The van der Waals surface area contributed by atoms with Crippen LogP contribution >= 0.6 is 0 Å². The van der Waals surface area contributed by atoms with E-state index in [2.05, 4.69) is 23.3 Å². The lowest BCUT2D eigenvalue weighted by Crippen LogP contribution is -2.07. The Morgan fingerprint density at radius 3 is 2.58 bits per heavy atom. The molecule has 0 spiro atoms. The van der Waals surface area contributed by atoms with Gasteiger partial charge in [-0.1, -0.05) is 24.3 Å². The summed E-state index contributed by atoms with van der Waals surface area (Å²) in [6.07, 6.45) is 3.45. The Morgan fingerprint density at radius 2 is 1.83 bits per heavy atom. The van der Waals surface area contributed by atoms with Crippen molar-refractivity contribution < 1.29 is 14.6 Å². The smallest absolute Gasteiger partial charge is 0.335 e. The standard InChI is InChI=1S/C19H14N2O3/c22-19(23)12-3-5-14-16(9-12)18-15-8-11(10-21-7-1-6-20-21)2-4-13(15)17(14)24-18/h1-9,17-18H,10H2,(H,22,23). The molecule has 0 saturated carbocycles. The zero-order chi connectivity index (χ0) is 16.3. The Labute approximate surface area is 138 Å². The average molecular weight is 318 g/mol. The van der Waals surface area contributed by atoms with Gasteiger partial charge >= 0.3 is 5.97 Å². The van der Waals surface area contributed by atoms with E-state index in [0.717, 1.165) is 22.3 Å². The molecular formula is C19H14N2O3. The molecule has 2 aromatic carbocycles. The van der Waals surface area contributed by atoms with Gasteiger partial charge in [0.1, 0.15) is 12.2 Å². The predicted molar refractivity (Wildman–Crippen MR) is 85.9 cm³/mol. The third-order valence-corrected chi connectivity index (χ3v) is 4.79. The van der Waals surface area contributed by atoms with Gasteiger partial charge in [0.05, 0.1) is 12.1 Å². The molecule has 3 aromatic rings. The second-order valence-corrected chi connectivity index (χ2v) is 6.21. The van der Waals surface area contributed by atoms with E-state index in [1.165, 1.54) is 5.56 Å². The lowest BCUT2D eigenvalue weighted by atomic mass is 9.84. The van der Waals surface area contributed by atoms with Crippen molar-refractivity contribution in [2.45, 2.75) is 18.8 Å². The van der Waals surface area contributed by atoms with Gasteiger partial charge in [0.25, 0.3) is 0 Å². The number of carbonyl (C=O) groups is 1. The highest BCUT2D eigenvalue weighted by molar-refractivity contribution is 5.88. The lowest BCUT2D eigenvalue weighted by molar-refractivity contribution is 0.0696. The Balaban J connectivity index is 1.55. The maximum atomic E-state index is 11.2. The summed E-state index contributed by atoms with van der Waals surface area (Å²) >= 11 is 0. The molecule has 24 heavy (non-hydrogen) atoms. The number of carboxylic acids is 1. The van der Waals surface area contributed by atoms with Gasteiger partial charge in [0, 0.05) is 12.4 Å². The highest BCUT2D eigenvalue weighted by atomic mass is 16.5. The Kier molecular flexibility index (Phi) is 2.69. The molecule has 0 fully saturated rings. The van der Waals surface area contributed by atoms with Crippen LogP contribution in [0.3, 0.4) is 0 Å². The molecule has 0 aliphatic carbocycles. The van der Waals surface area contributed by atoms with Gasteiger partial charge in [-0.3, -0.25) is 4.68 Å². The van der Waals surface area contributed by atoms with Gasteiger partial charge in [-0.15, -0.1) is 0 Å². The number of aromatic nitrogens is 2. The zero-order valence-electron chi connectivity index (χ0n) is 12.7. The van der Waals surface area contributed by atoms with E-state index in [1.54, 1.807) is 18.3 Å². The minimum atomic E-state index is -0.909. The molecule has 2 aliphatic heterocycles. The van der Waals surface area contributed by atoms with Crippen molar-refractivity contribution in [2.24, 2.45) is 0 Å². The molecule has 118 valence electrons. The van der Waals surface area contributed by atoms with E-state index in [0.29, 0.717) is 12.1 Å². The lowest BCUT2D eigenvalue weighted by Gasteiger charge is -2.17. The van der Waals surface area contributed by atoms with Crippen molar-refractivity contribution >= 4 is 5.97 Å². The summed E-state index contributed by atoms with van der Waals surface area (Å²) in [7, 11) is 0. The molecule has 2 aliphatic rings. The number of hydrogen-bond donors (Lipinski definition) is 1. The number of fused-ring (bicyclic) bond motifs is 8. The molecule has 2 unspecified atom stereocenters. The molecule has 0 amide bonds. The highest BCUT2D eigenvalue weighted by Crippen LogP contribution is 2.54. The van der Waals surface area contributed by atoms with Gasteiger partial charge < -0.3 is 9.84 Å². The first-order valence-electron chi connectivity index (χ1n) is 7.83. The number of ether oxygens (including phenoxy) is 1. The predicted octanol–water partition coefficient (Wildman–Crippen LogP) is 3.15. The fourth-order valence-corrected chi connectivity index (χ4v) is 3.71. The molecule has 3 heterocycles. The van der Waals surface area contributed by atoms with E-state index in [-0.39, 0.29) is 12.2 Å². The quantitative estimate of drug-likeness (QED) is 0.806. The molecule has 5 heteroatoms. The van der Waals surface area contributed by atoms with Crippen LogP contribution in [0, 0.1) is 0 Å². The van der Waals surface area contributed by atoms with Gasteiger partial charge in [-0.05, 0) is 46.0 Å². The van der Waals surface area contributed by atoms with Crippen molar-refractivity contribution in [2.75, 3.05) is 0 Å². The molecule has 2 bridgehead atoms. The first kappa shape index (κ1) is 13.5. The number of benzene rings is 2. The van der Waals surface area contributed by atoms with Crippen LogP contribution in [-0.2, 0) is 11.3 Å². The molecule has 5 rings (SSSR count). The molecule has 5 nitrogen and oxygen atoms in total. The molecule has 1 aromatic heterocycles. The summed E-state index contributed by atoms with van der Waals surface area (Å²) in [4.78, 5) is 11.2. The largest absolute Gasteiger partial charge is 0.478 e. The van der Waals surface area contributed by atoms with E-state index in [9.17, 15) is 9.90 Å². The summed E-state index contributed by atoms with van der Waals surface area (Å²) in [6.45, 7) is 0.708. The molecule has 2 atom stereocenters.